The highest BCUT2D eigenvalue weighted by Gasteiger charge is 2.27. The van der Waals surface area contributed by atoms with Crippen molar-refractivity contribution >= 4 is 6.29 Å². The molecule has 0 aromatic heterocycles. The van der Waals surface area contributed by atoms with Crippen molar-refractivity contribution in [2.75, 3.05) is 6.54 Å². The number of carbonyl (C=O) groups is 1. The van der Waals surface area contributed by atoms with Crippen molar-refractivity contribution in [1.82, 2.24) is 10.6 Å². The lowest BCUT2D eigenvalue weighted by Gasteiger charge is -2.29. The molecule has 2 N–H and O–H groups in total. The number of hydrogen-bond donors (Lipinski definition) is 2. The van der Waals surface area contributed by atoms with Crippen LogP contribution in [0.3, 0.4) is 0 Å². The molecule has 2 aliphatic rings. The van der Waals surface area contributed by atoms with E-state index in [-0.39, 0.29) is 25.3 Å². The molecule has 0 aliphatic carbocycles. The summed E-state index contributed by atoms with van der Waals surface area (Å²) in [5.41, 5.74) is 1.32. The van der Waals surface area contributed by atoms with Crippen LogP contribution in [0.4, 0.5) is 8.78 Å². The first-order valence-electron chi connectivity index (χ1n) is 7.84. The molecule has 0 saturated heterocycles. The minimum Gasteiger partial charge on any atom is -0.372 e. The van der Waals surface area contributed by atoms with Crippen molar-refractivity contribution in [3.05, 3.63) is 23.5 Å². The number of rotatable bonds is 8. The van der Waals surface area contributed by atoms with Crippen LogP contribution in [0.2, 0.25) is 0 Å². The fourth-order valence-corrected chi connectivity index (χ4v) is 2.82. The molecule has 0 amide bonds. The van der Waals surface area contributed by atoms with Crippen molar-refractivity contribution in [3.63, 3.8) is 0 Å². The first kappa shape index (κ1) is 16.0. The summed E-state index contributed by atoms with van der Waals surface area (Å²) in [5, 5.41) is 6.79. The number of alkyl halides is 2. The average Bonchev–Trinajstić information content (AvgIpc) is 2.49. The lowest BCUT2D eigenvalue weighted by atomic mass is 9.98. The molecular weight excluding hydrogens is 274 g/mol. The predicted octanol–water partition coefficient (Wildman–Crippen LogP) is 3.28. The summed E-state index contributed by atoms with van der Waals surface area (Å²) in [7, 11) is 0. The molecule has 0 saturated carbocycles. The molecule has 21 heavy (non-hydrogen) atoms. The van der Waals surface area contributed by atoms with Crippen molar-refractivity contribution in [3.8, 4) is 0 Å². The number of dihydropyridines is 1. The van der Waals surface area contributed by atoms with Crippen LogP contribution in [0.25, 0.3) is 0 Å². The molecule has 0 aromatic rings. The van der Waals surface area contributed by atoms with E-state index in [1.165, 1.54) is 5.57 Å². The van der Waals surface area contributed by atoms with E-state index in [0.29, 0.717) is 12.7 Å². The van der Waals surface area contributed by atoms with Crippen molar-refractivity contribution in [1.29, 1.82) is 0 Å². The van der Waals surface area contributed by atoms with Crippen LogP contribution in [0.1, 0.15) is 51.4 Å². The van der Waals surface area contributed by atoms with Crippen LogP contribution in [0.15, 0.2) is 23.5 Å². The van der Waals surface area contributed by atoms with Gasteiger partial charge < -0.3 is 15.4 Å². The monoisotopic (exact) mass is 298 g/mol. The zero-order valence-electron chi connectivity index (χ0n) is 12.3. The second-order valence-corrected chi connectivity index (χ2v) is 5.85. The highest BCUT2D eigenvalue weighted by Crippen LogP contribution is 2.27. The van der Waals surface area contributed by atoms with Gasteiger partial charge in [0.25, 0.3) is 0 Å². The molecule has 5 heteroatoms. The Balaban J connectivity index is 1.65. The molecule has 0 bridgehead atoms. The largest absolute Gasteiger partial charge is 0.372 e. The predicted molar refractivity (Wildman–Crippen MR) is 79.0 cm³/mol. The van der Waals surface area contributed by atoms with E-state index in [4.69, 9.17) is 0 Å². The van der Waals surface area contributed by atoms with E-state index in [2.05, 4.69) is 22.8 Å². The Morgan fingerprint density at radius 1 is 1.33 bits per heavy atom. The van der Waals surface area contributed by atoms with Gasteiger partial charge in [0.15, 0.2) is 0 Å². The quantitative estimate of drug-likeness (QED) is 0.534. The Morgan fingerprint density at radius 3 is 3.00 bits per heavy atom. The Hall–Kier alpha value is -1.39. The zero-order chi connectivity index (χ0) is 15.1. The minimum absolute atomic E-state index is 0.0531. The normalized spacial score (nSPS) is 21.5. The Kier molecular flexibility index (Phi) is 5.76. The highest BCUT2D eigenvalue weighted by atomic mass is 19.3. The number of allylic oxidation sites excluding steroid dienone is 2. The van der Waals surface area contributed by atoms with Gasteiger partial charge >= 0.3 is 0 Å². The summed E-state index contributed by atoms with van der Waals surface area (Å²) >= 11 is 0. The van der Waals surface area contributed by atoms with Crippen LogP contribution in [0.5, 0.6) is 0 Å². The summed E-state index contributed by atoms with van der Waals surface area (Å²) in [6.45, 7) is 0.995. The van der Waals surface area contributed by atoms with E-state index in [1.54, 1.807) is 0 Å². The van der Waals surface area contributed by atoms with Gasteiger partial charge in [0, 0.05) is 31.8 Å². The van der Waals surface area contributed by atoms with E-state index in [9.17, 15) is 13.6 Å². The van der Waals surface area contributed by atoms with Gasteiger partial charge in [0.1, 0.15) is 12.1 Å². The van der Waals surface area contributed by atoms with Gasteiger partial charge in [-0.25, -0.2) is 8.78 Å². The van der Waals surface area contributed by atoms with Gasteiger partial charge in [-0.2, -0.15) is 0 Å². The van der Waals surface area contributed by atoms with Crippen LogP contribution in [-0.4, -0.2) is 24.8 Å². The summed E-state index contributed by atoms with van der Waals surface area (Å²) in [5.74, 6) is -1.58. The van der Waals surface area contributed by atoms with Crippen molar-refractivity contribution in [2.45, 2.75) is 63.3 Å². The maximum atomic E-state index is 13.4. The molecule has 118 valence electrons. The average molecular weight is 298 g/mol. The van der Waals surface area contributed by atoms with Crippen molar-refractivity contribution < 1.29 is 13.6 Å². The fourth-order valence-electron chi connectivity index (χ4n) is 2.82. The summed E-state index contributed by atoms with van der Waals surface area (Å²) < 4.78 is 26.8. The highest BCUT2D eigenvalue weighted by molar-refractivity contribution is 5.49. The molecule has 0 spiro atoms. The van der Waals surface area contributed by atoms with E-state index in [0.717, 1.165) is 38.0 Å². The SMILES string of the molecule is O=CCCC(F)(F)CCCCC1C=CC2=C(NCCC2)N1. The molecule has 1 atom stereocenters. The maximum absolute atomic E-state index is 13.4. The van der Waals surface area contributed by atoms with Gasteiger partial charge in [-0.15, -0.1) is 0 Å². The molecular formula is C16H24F2N2O. The number of carbonyl (C=O) groups excluding carboxylic acids is 1. The van der Waals surface area contributed by atoms with Gasteiger partial charge in [-0.05, 0) is 31.3 Å². The number of aldehydes is 1. The standard InChI is InChI=1S/C16H24F2N2O/c17-16(18,10-4-12-21)9-2-1-6-14-8-7-13-5-3-11-19-15(13)20-14/h7-8,12,14,19-20H,1-6,9-11H2. The Labute approximate surface area is 124 Å². The van der Waals surface area contributed by atoms with Crippen LogP contribution >= 0.6 is 0 Å². The molecule has 2 heterocycles. The number of halogens is 2. The fraction of sp³-hybridized carbons (Fsp3) is 0.688. The van der Waals surface area contributed by atoms with Gasteiger partial charge in [-0.1, -0.05) is 18.6 Å². The number of hydrogen-bond acceptors (Lipinski definition) is 3. The topological polar surface area (TPSA) is 41.1 Å². The molecule has 1 unspecified atom stereocenters. The van der Waals surface area contributed by atoms with E-state index in [1.807, 2.05) is 0 Å². The number of unbranched alkanes of at least 4 members (excludes halogenated alkanes) is 1. The van der Waals surface area contributed by atoms with Crippen LogP contribution in [0, 0.1) is 0 Å². The smallest absolute Gasteiger partial charge is 0.248 e. The van der Waals surface area contributed by atoms with Crippen LogP contribution < -0.4 is 10.6 Å². The third-order valence-corrected chi connectivity index (χ3v) is 4.04. The Morgan fingerprint density at radius 2 is 2.19 bits per heavy atom. The maximum Gasteiger partial charge on any atom is 0.248 e. The Bertz CT molecular complexity index is 419. The first-order valence-corrected chi connectivity index (χ1v) is 7.84. The van der Waals surface area contributed by atoms with Crippen molar-refractivity contribution in [2.24, 2.45) is 0 Å². The summed E-state index contributed by atoms with van der Waals surface area (Å²) in [4.78, 5) is 10.1. The van der Waals surface area contributed by atoms with Gasteiger partial charge in [0.05, 0.1) is 0 Å². The van der Waals surface area contributed by atoms with E-state index < -0.39 is 5.92 Å². The lowest BCUT2D eigenvalue weighted by Crippen LogP contribution is -2.39. The molecule has 2 aliphatic heterocycles. The summed E-state index contributed by atoms with van der Waals surface area (Å²) in [6.07, 6.45) is 8.74. The third kappa shape index (κ3) is 5.14. The molecule has 0 fully saturated rings. The van der Waals surface area contributed by atoms with E-state index >= 15 is 0 Å². The second kappa shape index (κ2) is 7.57. The zero-order valence-corrected chi connectivity index (χ0v) is 12.3. The molecule has 0 aromatic carbocycles. The number of nitrogens with one attached hydrogen (secondary N) is 2. The molecule has 2 rings (SSSR count). The van der Waals surface area contributed by atoms with Crippen LogP contribution in [-0.2, 0) is 4.79 Å². The second-order valence-electron chi connectivity index (χ2n) is 5.85. The summed E-state index contributed by atoms with van der Waals surface area (Å²) in [6, 6.07) is 0.234. The van der Waals surface area contributed by atoms with Gasteiger partial charge in [-0.3, -0.25) is 0 Å². The minimum atomic E-state index is -2.70. The molecule has 0 radical (unpaired) electrons. The lowest BCUT2D eigenvalue weighted by molar-refractivity contribution is -0.110. The third-order valence-electron chi connectivity index (χ3n) is 4.04. The van der Waals surface area contributed by atoms with Gasteiger partial charge in [0.2, 0.25) is 5.92 Å². The molecule has 3 nitrogen and oxygen atoms in total. The first-order chi connectivity index (χ1) is 10.1.